The van der Waals surface area contributed by atoms with Crippen molar-refractivity contribution in [3.8, 4) is 5.75 Å². The third-order valence-corrected chi connectivity index (χ3v) is 4.56. The van der Waals surface area contributed by atoms with Crippen LogP contribution >= 0.6 is 11.6 Å². The van der Waals surface area contributed by atoms with E-state index < -0.39 is 11.7 Å². The van der Waals surface area contributed by atoms with Crippen molar-refractivity contribution in [1.29, 1.82) is 0 Å². The van der Waals surface area contributed by atoms with Gasteiger partial charge in [-0.1, -0.05) is 29.8 Å². The van der Waals surface area contributed by atoms with Crippen LogP contribution in [0.4, 0.5) is 15.9 Å². The lowest BCUT2D eigenvalue weighted by molar-refractivity contribution is 0.102. The van der Waals surface area contributed by atoms with Crippen molar-refractivity contribution in [2.45, 2.75) is 0 Å². The zero-order chi connectivity index (χ0) is 21.1. The van der Waals surface area contributed by atoms with Crippen molar-refractivity contribution in [2.75, 3.05) is 12.4 Å². The molecule has 150 valence electrons. The average molecular weight is 424 g/mol. The van der Waals surface area contributed by atoms with Crippen molar-refractivity contribution in [3.05, 3.63) is 88.8 Å². The van der Waals surface area contributed by atoms with E-state index in [1.807, 2.05) is 0 Å². The molecule has 4 aromatic rings. The van der Waals surface area contributed by atoms with Gasteiger partial charge in [-0.3, -0.25) is 4.79 Å². The lowest BCUT2D eigenvalue weighted by Crippen LogP contribution is -2.22. The number of hydrogen-bond acceptors (Lipinski definition) is 5. The number of rotatable bonds is 4. The number of para-hydroxylation sites is 1. The summed E-state index contributed by atoms with van der Waals surface area (Å²) in [7, 11) is 1.51. The van der Waals surface area contributed by atoms with Gasteiger partial charge in [0.1, 0.15) is 17.2 Å². The molecule has 0 aliphatic carbocycles. The number of aromatic nitrogens is 1. The molecule has 0 aliphatic heterocycles. The molecule has 1 amide bonds. The van der Waals surface area contributed by atoms with Crippen molar-refractivity contribution in [1.82, 2.24) is 4.98 Å². The monoisotopic (exact) mass is 423 g/mol. The Morgan fingerprint density at radius 3 is 2.80 bits per heavy atom. The van der Waals surface area contributed by atoms with Gasteiger partial charge in [-0.25, -0.2) is 14.4 Å². The van der Waals surface area contributed by atoms with Crippen molar-refractivity contribution >= 4 is 40.0 Å². The largest absolute Gasteiger partial charge is 0.493 e. The first-order valence-electron chi connectivity index (χ1n) is 8.88. The van der Waals surface area contributed by atoms with Gasteiger partial charge in [0.25, 0.3) is 5.91 Å². The van der Waals surface area contributed by atoms with Gasteiger partial charge in [0.05, 0.1) is 17.8 Å². The smallest absolute Gasteiger partial charge is 0.262 e. The summed E-state index contributed by atoms with van der Waals surface area (Å²) in [6.07, 6.45) is 1.56. The van der Waals surface area contributed by atoms with Gasteiger partial charge in [0, 0.05) is 17.6 Å². The van der Waals surface area contributed by atoms with Crippen LogP contribution in [-0.2, 0) is 0 Å². The predicted molar refractivity (Wildman–Crippen MR) is 112 cm³/mol. The summed E-state index contributed by atoms with van der Waals surface area (Å²) in [4.78, 5) is 21.4. The standard InChI is InChI=1S/C22H15ClFN3O3/c1-29-18-6-4-5-13-11-15(21(28)27-19-7-2-3-10-25-19)22(30-20(13)18)26-17-12-14(24)8-9-16(17)23/h2-12H,1H3,(H,25,27,28). The number of carbonyl (C=O) groups excluding carboxylic acids is 1. The number of ether oxygens (including phenoxy) is 1. The second-order valence-electron chi connectivity index (χ2n) is 6.22. The van der Waals surface area contributed by atoms with E-state index in [4.69, 9.17) is 20.8 Å². The van der Waals surface area contributed by atoms with E-state index in [0.717, 1.165) is 6.07 Å². The molecular formula is C22H15ClFN3O3. The highest BCUT2D eigenvalue weighted by atomic mass is 35.5. The van der Waals surface area contributed by atoms with Gasteiger partial charge < -0.3 is 14.5 Å². The van der Waals surface area contributed by atoms with Crippen molar-refractivity contribution < 1.29 is 18.3 Å². The van der Waals surface area contributed by atoms with Crippen LogP contribution in [0.5, 0.6) is 5.75 Å². The molecule has 0 aliphatic rings. The number of halogens is 2. The molecule has 0 unspecified atom stereocenters. The summed E-state index contributed by atoms with van der Waals surface area (Å²) in [5.74, 6) is -0.182. The van der Waals surface area contributed by atoms with Crippen LogP contribution < -0.4 is 15.6 Å². The minimum atomic E-state index is -0.518. The van der Waals surface area contributed by atoms with Crippen molar-refractivity contribution in [2.24, 2.45) is 4.99 Å². The number of fused-ring (bicyclic) bond motifs is 1. The van der Waals surface area contributed by atoms with Crippen LogP contribution in [-0.4, -0.2) is 18.0 Å². The number of benzene rings is 2. The third kappa shape index (κ3) is 4.01. The Bertz CT molecular complexity index is 1310. The van der Waals surface area contributed by atoms with Gasteiger partial charge in [0.2, 0.25) is 5.55 Å². The SMILES string of the molecule is COc1cccc2cc(C(=O)Nc3ccccn3)c(=Nc3cc(F)ccc3Cl)oc12. The zero-order valence-electron chi connectivity index (χ0n) is 15.7. The zero-order valence-corrected chi connectivity index (χ0v) is 16.5. The first-order chi connectivity index (χ1) is 14.5. The lowest BCUT2D eigenvalue weighted by atomic mass is 10.1. The summed E-state index contributed by atoms with van der Waals surface area (Å²) in [5.41, 5.74) is 0.594. The molecule has 0 bridgehead atoms. The second-order valence-corrected chi connectivity index (χ2v) is 6.63. The highest BCUT2D eigenvalue weighted by molar-refractivity contribution is 6.32. The summed E-state index contributed by atoms with van der Waals surface area (Å²) >= 11 is 6.15. The molecule has 6 nitrogen and oxygen atoms in total. The Morgan fingerprint density at radius 1 is 1.17 bits per heavy atom. The molecule has 0 radical (unpaired) electrons. The average Bonchev–Trinajstić information content (AvgIpc) is 2.76. The molecule has 2 aromatic carbocycles. The molecular weight excluding hydrogens is 409 g/mol. The van der Waals surface area contributed by atoms with Gasteiger partial charge >= 0.3 is 0 Å². The number of pyridine rings is 1. The van der Waals surface area contributed by atoms with Gasteiger partial charge in [-0.2, -0.15) is 0 Å². The minimum Gasteiger partial charge on any atom is -0.493 e. The number of nitrogens with zero attached hydrogens (tertiary/aromatic N) is 2. The number of anilines is 1. The second kappa shape index (κ2) is 8.34. The van der Waals surface area contributed by atoms with Crippen LogP contribution in [0, 0.1) is 5.82 Å². The first kappa shape index (κ1) is 19.6. The minimum absolute atomic E-state index is 0.0482. The van der Waals surface area contributed by atoms with E-state index in [2.05, 4.69) is 15.3 Å². The first-order valence-corrected chi connectivity index (χ1v) is 9.26. The molecule has 30 heavy (non-hydrogen) atoms. The Kier molecular flexibility index (Phi) is 5.45. The summed E-state index contributed by atoms with van der Waals surface area (Å²) in [5, 5.41) is 3.54. The van der Waals surface area contributed by atoms with E-state index in [-0.39, 0.29) is 21.8 Å². The number of carbonyl (C=O) groups is 1. The Morgan fingerprint density at radius 2 is 2.03 bits per heavy atom. The summed E-state index contributed by atoms with van der Waals surface area (Å²) < 4.78 is 25.0. The Balaban J connectivity index is 1.93. The van der Waals surface area contributed by atoms with E-state index in [1.165, 1.54) is 19.2 Å². The van der Waals surface area contributed by atoms with Crippen LogP contribution in [0.25, 0.3) is 11.0 Å². The van der Waals surface area contributed by atoms with Crippen LogP contribution in [0.3, 0.4) is 0 Å². The Labute approximate surface area is 175 Å². The molecule has 8 heteroatoms. The quantitative estimate of drug-likeness (QED) is 0.494. The highest BCUT2D eigenvalue weighted by Crippen LogP contribution is 2.27. The Hall–Kier alpha value is -3.71. The molecule has 2 heterocycles. The summed E-state index contributed by atoms with van der Waals surface area (Å²) in [6, 6.07) is 15.8. The maximum absolute atomic E-state index is 13.7. The van der Waals surface area contributed by atoms with Crippen molar-refractivity contribution in [3.63, 3.8) is 0 Å². The molecule has 0 fully saturated rings. The maximum Gasteiger partial charge on any atom is 0.262 e. The molecule has 0 spiro atoms. The van der Waals surface area contributed by atoms with E-state index in [9.17, 15) is 9.18 Å². The number of methoxy groups -OCH3 is 1. The summed E-state index contributed by atoms with van der Waals surface area (Å²) in [6.45, 7) is 0. The van der Waals surface area contributed by atoms with E-state index >= 15 is 0 Å². The topological polar surface area (TPSA) is 76.7 Å². The van der Waals surface area contributed by atoms with Crippen LogP contribution in [0.2, 0.25) is 5.02 Å². The number of hydrogen-bond donors (Lipinski definition) is 1. The van der Waals surface area contributed by atoms with E-state index in [1.54, 1.807) is 48.7 Å². The number of nitrogens with one attached hydrogen (secondary N) is 1. The predicted octanol–water partition coefficient (Wildman–Crippen LogP) is 5.11. The molecule has 0 atom stereocenters. The van der Waals surface area contributed by atoms with Gasteiger partial charge in [-0.15, -0.1) is 0 Å². The normalized spacial score (nSPS) is 11.5. The maximum atomic E-state index is 13.7. The molecule has 2 aromatic heterocycles. The van der Waals surface area contributed by atoms with Crippen LogP contribution in [0.15, 0.2) is 76.3 Å². The molecule has 1 N–H and O–H groups in total. The van der Waals surface area contributed by atoms with Gasteiger partial charge in [0.15, 0.2) is 11.3 Å². The van der Waals surface area contributed by atoms with Gasteiger partial charge in [-0.05, 0) is 36.4 Å². The lowest BCUT2D eigenvalue weighted by Gasteiger charge is -2.08. The molecule has 0 saturated carbocycles. The van der Waals surface area contributed by atoms with Crippen LogP contribution in [0.1, 0.15) is 10.4 Å². The number of amides is 1. The molecule has 0 saturated heterocycles. The fourth-order valence-electron chi connectivity index (χ4n) is 2.83. The fourth-order valence-corrected chi connectivity index (χ4v) is 2.99. The fraction of sp³-hybridized carbons (Fsp3) is 0.0455. The molecule has 4 rings (SSSR count). The highest BCUT2D eigenvalue weighted by Gasteiger charge is 2.16. The van der Waals surface area contributed by atoms with E-state index in [0.29, 0.717) is 22.5 Å². The third-order valence-electron chi connectivity index (χ3n) is 4.24.